The van der Waals surface area contributed by atoms with E-state index in [4.69, 9.17) is 9.88 Å². The highest BCUT2D eigenvalue weighted by atomic mass is 32.2. The number of ether oxygens (including phenoxy) is 1. The van der Waals surface area contributed by atoms with E-state index >= 15 is 0 Å². The number of benzene rings is 1. The van der Waals surface area contributed by atoms with E-state index in [9.17, 15) is 13.2 Å². The highest BCUT2D eigenvalue weighted by Crippen LogP contribution is 2.15. The number of alkyl carbamates (subject to hydrolysis) is 1. The Labute approximate surface area is 119 Å². The molecule has 0 heterocycles. The molecule has 0 bridgehead atoms. The Kier molecular flexibility index (Phi) is 5.52. The maximum atomic E-state index is 11.5. The molecule has 1 atom stereocenters. The van der Waals surface area contributed by atoms with Crippen molar-refractivity contribution in [3.8, 4) is 0 Å². The summed E-state index contributed by atoms with van der Waals surface area (Å²) < 4.78 is 27.3. The van der Waals surface area contributed by atoms with Crippen LogP contribution in [0.1, 0.15) is 32.4 Å². The fourth-order valence-corrected chi connectivity index (χ4v) is 2.01. The molecule has 6 nitrogen and oxygen atoms in total. The third kappa shape index (κ3) is 5.18. The molecule has 0 radical (unpaired) electrons. The maximum Gasteiger partial charge on any atom is 0.407 e. The van der Waals surface area contributed by atoms with Crippen LogP contribution in [0.3, 0.4) is 0 Å². The monoisotopic (exact) mass is 300 g/mol. The van der Waals surface area contributed by atoms with E-state index in [2.05, 4.69) is 5.32 Å². The largest absolute Gasteiger partial charge is 0.449 e. The van der Waals surface area contributed by atoms with Gasteiger partial charge in [0.05, 0.1) is 17.5 Å². The lowest BCUT2D eigenvalue weighted by Crippen LogP contribution is -2.28. The summed E-state index contributed by atoms with van der Waals surface area (Å²) in [5, 5.41) is 7.68. The average molecular weight is 300 g/mol. The SMILES string of the molecule is CC(C)COC(=O)NC(C)c1ccc(S(N)(=O)=O)cc1. The number of carbonyl (C=O) groups excluding carboxylic acids is 1. The molecular weight excluding hydrogens is 280 g/mol. The molecule has 1 rings (SSSR count). The first-order valence-electron chi connectivity index (χ1n) is 6.26. The van der Waals surface area contributed by atoms with Gasteiger partial charge in [0.1, 0.15) is 0 Å². The van der Waals surface area contributed by atoms with Crippen molar-refractivity contribution in [2.24, 2.45) is 11.1 Å². The average Bonchev–Trinajstić information content (AvgIpc) is 2.35. The first kappa shape index (κ1) is 16.5. The lowest BCUT2D eigenvalue weighted by Gasteiger charge is -2.15. The summed E-state index contributed by atoms with van der Waals surface area (Å²) in [6.45, 7) is 6.02. The molecule has 20 heavy (non-hydrogen) atoms. The van der Waals surface area contributed by atoms with E-state index in [1.54, 1.807) is 19.1 Å². The molecule has 3 N–H and O–H groups in total. The number of amides is 1. The van der Waals surface area contributed by atoms with E-state index in [1.807, 2.05) is 13.8 Å². The summed E-state index contributed by atoms with van der Waals surface area (Å²) in [5.74, 6) is 0.269. The fraction of sp³-hybridized carbons (Fsp3) is 0.462. The molecule has 0 saturated carbocycles. The second-order valence-electron chi connectivity index (χ2n) is 4.97. The minimum Gasteiger partial charge on any atom is -0.449 e. The van der Waals surface area contributed by atoms with Gasteiger partial charge < -0.3 is 10.1 Å². The van der Waals surface area contributed by atoms with Gasteiger partial charge in [-0.15, -0.1) is 0 Å². The third-order valence-electron chi connectivity index (χ3n) is 2.59. The van der Waals surface area contributed by atoms with E-state index in [0.29, 0.717) is 6.61 Å². The van der Waals surface area contributed by atoms with Crippen molar-refractivity contribution in [3.63, 3.8) is 0 Å². The molecule has 112 valence electrons. The number of primary sulfonamides is 1. The van der Waals surface area contributed by atoms with Gasteiger partial charge in [-0.25, -0.2) is 18.4 Å². The molecule has 0 saturated heterocycles. The summed E-state index contributed by atoms with van der Waals surface area (Å²) in [4.78, 5) is 11.5. The van der Waals surface area contributed by atoms with Gasteiger partial charge in [0.2, 0.25) is 10.0 Å². The zero-order valence-corrected chi connectivity index (χ0v) is 12.6. The Morgan fingerprint density at radius 3 is 2.25 bits per heavy atom. The lowest BCUT2D eigenvalue weighted by atomic mass is 10.1. The predicted molar refractivity (Wildman–Crippen MR) is 75.6 cm³/mol. The van der Waals surface area contributed by atoms with Crippen LogP contribution >= 0.6 is 0 Å². The van der Waals surface area contributed by atoms with Crippen LogP contribution < -0.4 is 10.5 Å². The van der Waals surface area contributed by atoms with Crippen LogP contribution in [0.4, 0.5) is 4.79 Å². The van der Waals surface area contributed by atoms with Crippen LogP contribution in [-0.2, 0) is 14.8 Å². The molecule has 0 spiro atoms. The van der Waals surface area contributed by atoms with Crippen molar-refractivity contribution in [3.05, 3.63) is 29.8 Å². The minimum atomic E-state index is -3.70. The molecule has 0 fully saturated rings. The van der Waals surface area contributed by atoms with Gasteiger partial charge >= 0.3 is 6.09 Å². The van der Waals surface area contributed by atoms with Crippen LogP contribution in [0.5, 0.6) is 0 Å². The van der Waals surface area contributed by atoms with Gasteiger partial charge in [0.15, 0.2) is 0 Å². The van der Waals surface area contributed by atoms with Crippen molar-refractivity contribution in [2.45, 2.75) is 31.7 Å². The zero-order chi connectivity index (χ0) is 15.3. The molecule has 7 heteroatoms. The molecule has 1 aromatic rings. The topological polar surface area (TPSA) is 98.5 Å². The summed E-state index contributed by atoms with van der Waals surface area (Å²) in [7, 11) is -3.70. The Balaban J connectivity index is 2.64. The number of hydrogen-bond acceptors (Lipinski definition) is 4. The molecule has 0 aliphatic rings. The Morgan fingerprint density at radius 1 is 1.25 bits per heavy atom. The van der Waals surface area contributed by atoms with Crippen molar-refractivity contribution in [1.29, 1.82) is 0 Å². The van der Waals surface area contributed by atoms with Crippen LogP contribution in [0, 0.1) is 5.92 Å². The number of rotatable bonds is 5. The molecule has 1 aromatic carbocycles. The number of sulfonamides is 1. The van der Waals surface area contributed by atoms with E-state index < -0.39 is 16.1 Å². The van der Waals surface area contributed by atoms with Crippen molar-refractivity contribution >= 4 is 16.1 Å². The second-order valence-corrected chi connectivity index (χ2v) is 6.53. The number of nitrogens with two attached hydrogens (primary N) is 1. The number of carbonyl (C=O) groups is 1. The van der Waals surface area contributed by atoms with Gasteiger partial charge in [-0.05, 0) is 30.5 Å². The molecule has 1 amide bonds. The Bertz CT molecular complexity index is 552. The van der Waals surface area contributed by atoms with Crippen LogP contribution in [0.15, 0.2) is 29.2 Å². The van der Waals surface area contributed by atoms with Crippen molar-refractivity contribution in [2.75, 3.05) is 6.61 Å². The second kappa shape index (κ2) is 6.71. The standard InChI is InChI=1S/C13H20N2O4S/c1-9(2)8-19-13(16)15-10(3)11-4-6-12(7-5-11)20(14,17)18/h4-7,9-10H,8H2,1-3H3,(H,15,16)(H2,14,17,18). The van der Waals surface area contributed by atoms with Crippen molar-refractivity contribution in [1.82, 2.24) is 5.32 Å². The van der Waals surface area contributed by atoms with Crippen LogP contribution in [0.25, 0.3) is 0 Å². The lowest BCUT2D eigenvalue weighted by molar-refractivity contribution is 0.130. The van der Waals surface area contributed by atoms with Crippen LogP contribution in [-0.4, -0.2) is 21.1 Å². The predicted octanol–water partition coefficient (Wildman–Crippen LogP) is 1.78. The normalized spacial score (nSPS) is 13.1. The summed E-state index contributed by atoms with van der Waals surface area (Å²) in [6.07, 6.45) is -0.498. The van der Waals surface area contributed by atoms with E-state index in [1.165, 1.54) is 12.1 Å². The van der Waals surface area contributed by atoms with Gasteiger partial charge in [0.25, 0.3) is 0 Å². The quantitative estimate of drug-likeness (QED) is 0.865. The maximum absolute atomic E-state index is 11.5. The van der Waals surface area contributed by atoms with E-state index in [0.717, 1.165) is 5.56 Å². The summed E-state index contributed by atoms with van der Waals surface area (Å²) in [5.41, 5.74) is 0.763. The first-order valence-corrected chi connectivity index (χ1v) is 7.81. The summed E-state index contributed by atoms with van der Waals surface area (Å²) >= 11 is 0. The molecule has 0 aromatic heterocycles. The van der Waals surface area contributed by atoms with Gasteiger partial charge in [0, 0.05) is 0 Å². The fourth-order valence-electron chi connectivity index (χ4n) is 1.49. The van der Waals surface area contributed by atoms with Gasteiger partial charge in [-0.1, -0.05) is 26.0 Å². The number of hydrogen-bond donors (Lipinski definition) is 2. The molecule has 1 unspecified atom stereocenters. The molecule has 0 aliphatic carbocycles. The molecular formula is C13H20N2O4S. The van der Waals surface area contributed by atoms with Crippen molar-refractivity contribution < 1.29 is 17.9 Å². The van der Waals surface area contributed by atoms with Crippen LogP contribution in [0.2, 0.25) is 0 Å². The minimum absolute atomic E-state index is 0.0378. The third-order valence-corrected chi connectivity index (χ3v) is 3.52. The first-order chi connectivity index (χ1) is 9.20. The Hall–Kier alpha value is -1.60. The highest BCUT2D eigenvalue weighted by Gasteiger charge is 2.12. The van der Waals surface area contributed by atoms with Gasteiger partial charge in [-0.3, -0.25) is 0 Å². The zero-order valence-electron chi connectivity index (χ0n) is 11.8. The smallest absolute Gasteiger partial charge is 0.407 e. The Morgan fingerprint density at radius 2 is 1.80 bits per heavy atom. The highest BCUT2D eigenvalue weighted by molar-refractivity contribution is 7.89. The van der Waals surface area contributed by atoms with Gasteiger partial charge in [-0.2, -0.15) is 0 Å². The van der Waals surface area contributed by atoms with E-state index in [-0.39, 0.29) is 16.9 Å². The summed E-state index contributed by atoms with van der Waals surface area (Å²) in [6, 6.07) is 5.73. The molecule has 0 aliphatic heterocycles. The number of nitrogens with one attached hydrogen (secondary N) is 1.